The molecule has 0 radical (unpaired) electrons. The first-order valence-electron chi connectivity index (χ1n) is 3.95. The maximum absolute atomic E-state index is 12.4. The van der Waals surface area contributed by atoms with Crippen molar-refractivity contribution in [3.8, 4) is 0 Å². The summed E-state index contributed by atoms with van der Waals surface area (Å²) in [6.45, 7) is 5.85. The lowest BCUT2D eigenvalue weighted by Crippen LogP contribution is -1.92. The molecule has 11 heavy (non-hydrogen) atoms. The Morgan fingerprint density at radius 1 is 1.36 bits per heavy atom. The molecule has 0 aromatic carbocycles. The van der Waals surface area contributed by atoms with Crippen molar-refractivity contribution in [3.05, 3.63) is 23.2 Å². The van der Waals surface area contributed by atoms with E-state index in [1.54, 1.807) is 0 Å². The van der Waals surface area contributed by atoms with Gasteiger partial charge in [0.2, 0.25) is 0 Å². The van der Waals surface area contributed by atoms with Gasteiger partial charge in [-0.05, 0) is 19.4 Å². The predicted octanol–water partition coefficient (Wildman–Crippen LogP) is 3.49. The van der Waals surface area contributed by atoms with E-state index in [1.807, 2.05) is 20.8 Å². The summed E-state index contributed by atoms with van der Waals surface area (Å²) >= 11 is 0. The molecule has 1 rings (SSSR count). The second-order valence-electron chi connectivity index (χ2n) is 2.29. The minimum absolute atomic E-state index is 0.111. The molecule has 0 amide bonds. The van der Waals surface area contributed by atoms with Gasteiger partial charge in [-0.15, -0.1) is 0 Å². The molecule has 0 saturated heterocycles. The molecule has 0 saturated carbocycles. The molecule has 0 aromatic heterocycles. The van der Waals surface area contributed by atoms with E-state index in [-0.39, 0.29) is 5.76 Å². The molecule has 0 aromatic rings. The Morgan fingerprint density at radius 3 is 2.27 bits per heavy atom. The van der Waals surface area contributed by atoms with Crippen molar-refractivity contribution in [1.82, 2.24) is 0 Å². The lowest BCUT2D eigenvalue weighted by atomic mass is 10.1. The van der Waals surface area contributed by atoms with Gasteiger partial charge in [0, 0.05) is 6.42 Å². The second kappa shape index (κ2) is 4.94. The average Bonchev–Trinajstić information content (AvgIpc) is 2.02. The van der Waals surface area contributed by atoms with Gasteiger partial charge in [-0.25, -0.2) is 4.39 Å². The minimum atomic E-state index is -0.473. The highest BCUT2D eigenvalue weighted by molar-refractivity contribution is 5.24. The Bertz CT molecular complexity index is 180. The van der Waals surface area contributed by atoms with Crippen molar-refractivity contribution >= 4 is 0 Å². The van der Waals surface area contributed by atoms with Crippen LogP contribution in [0.5, 0.6) is 0 Å². The number of rotatable bonds is 0. The highest BCUT2D eigenvalue weighted by Gasteiger charge is 2.08. The van der Waals surface area contributed by atoms with Gasteiger partial charge < -0.3 is 5.11 Å². The van der Waals surface area contributed by atoms with Gasteiger partial charge in [-0.3, -0.25) is 0 Å². The van der Waals surface area contributed by atoms with E-state index >= 15 is 0 Å². The summed E-state index contributed by atoms with van der Waals surface area (Å²) in [5.74, 6) is -0.584. The number of hydrogen-bond acceptors (Lipinski definition) is 1. The summed E-state index contributed by atoms with van der Waals surface area (Å²) in [4.78, 5) is 0. The Kier molecular flexibility index (Phi) is 4.59. The second-order valence-corrected chi connectivity index (χ2v) is 2.29. The van der Waals surface area contributed by atoms with Crippen LogP contribution in [0, 0.1) is 0 Å². The van der Waals surface area contributed by atoms with Gasteiger partial charge in [0.15, 0.2) is 5.83 Å². The van der Waals surface area contributed by atoms with Gasteiger partial charge >= 0.3 is 0 Å². The third-order valence-electron chi connectivity index (χ3n) is 1.40. The third-order valence-corrected chi connectivity index (χ3v) is 1.40. The van der Waals surface area contributed by atoms with Crippen molar-refractivity contribution < 1.29 is 9.50 Å². The third kappa shape index (κ3) is 3.21. The Morgan fingerprint density at radius 2 is 1.91 bits per heavy atom. The monoisotopic (exact) mass is 158 g/mol. The molecule has 0 fully saturated rings. The fourth-order valence-corrected chi connectivity index (χ4v) is 0.807. The van der Waals surface area contributed by atoms with Gasteiger partial charge in [0.25, 0.3) is 0 Å². The van der Waals surface area contributed by atoms with Crippen LogP contribution in [0.25, 0.3) is 0 Å². The molecule has 0 heterocycles. The summed E-state index contributed by atoms with van der Waals surface area (Å²) in [6.07, 6.45) is 2.60. The van der Waals surface area contributed by atoms with Crippen molar-refractivity contribution in [1.29, 1.82) is 0 Å². The zero-order chi connectivity index (χ0) is 8.85. The van der Waals surface area contributed by atoms with Crippen molar-refractivity contribution in [2.24, 2.45) is 0 Å². The Hall–Kier alpha value is -0.790. The van der Waals surface area contributed by atoms with E-state index in [2.05, 4.69) is 0 Å². The maximum Gasteiger partial charge on any atom is 0.160 e. The van der Waals surface area contributed by atoms with Crippen LogP contribution in [-0.4, -0.2) is 5.11 Å². The standard InChI is InChI=1S/C7H9FO.C2H6/c1-5-2-3-7(9)6(8)4-5;1-2/h4,9H,2-3H2,1H3;1-2H3. The fourth-order valence-electron chi connectivity index (χ4n) is 0.807. The van der Waals surface area contributed by atoms with E-state index < -0.39 is 5.83 Å². The van der Waals surface area contributed by atoms with Gasteiger partial charge in [0.05, 0.1) is 0 Å². The molecule has 2 heteroatoms. The van der Waals surface area contributed by atoms with Crippen LogP contribution in [0.3, 0.4) is 0 Å². The zero-order valence-corrected chi connectivity index (χ0v) is 7.32. The van der Waals surface area contributed by atoms with Crippen LogP contribution in [0.15, 0.2) is 23.2 Å². The molecule has 64 valence electrons. The molecule has 0 atom stereocenters. The average molecular weight is 158 g/mol. The van der Waals surface area contributed by atoms with Crippen molar-refractivity contribution in [2.75, 3.05) is 0 Å². The zero-order valence-electron chi connectivity index (χ0n) is 7.32. The molecule has 1 aliphatic rings. The first kappa shape index (κ1) is 10.2. The van der Waals surface area contributed by atoms with E-state index in [0.29, 0.717) is 6.42 Å². The number of halogens is 1. The van der Waals surface area contributed by atoms with E-state index in [1.165, 1.54) is 6.08 Å². The Labute approximate surface area is 67.2 Å². The SMILES string of the molecule is CC.CC1=CC(F)=C(O)CC1. The van der Waals surface area contributed by atoms with Crippen molar-refractivity contribution in [2.45, 2.75) is 33.6 Å². The summed E-state index contributed by atoms with van der Waals surface area (Å²) in [5.41, 5.74) is 0.991. The topological polar surface area (TPSA) is 20.2 Å². The van der Waals surface area contributed by atoms with Crippen LogP contribution < -0.4 is 0 Å². The summed E-state index contributed by atoms with van der Waals surface area (Å²) in [6, 6.07) is 0. The van der Waals surface area contributed by atoms with Gasteiger partial charge in [0.1, 0.15) is 5.76 Å². The molecule has 1 aliphatic carbocycles. The highest BCUT2D eigenvalue weighted by atomic mass is 19.1. The van der Waals surface area contributed by atoms with E-state index in [4.69, 9.17) is 5.11 Å². The molecule has 0 spiro atoms. The summed E-state index contributed by atoms with van der Waals surface area (Å²) in [5, 5.41) is 8.76. The minimum Gasteiger partial charge on any atom is -0.509 e. The normalized spacial score (nSPS) is 16.9. The quantitative estimate of drug-likeness (QED) is 0.572. The molecule has 0 bridgehead atoms. The molecular formula is C9H15FO. The first-order chi connectivity index (χ1) is 5.20. The van der Waals surface area contributed by atoms with Gasteiger partial charge in [-0.2, -0.15) is 0 Å². The molecule has 1 N–H and O–H groups in total. The lowest BCUT2D eigenvalue weighted by Gasteiger charge is -2.07. The molecule has 1 nitrogen and oxygen atoms in total. The number of hydrogen-bond donors (Lipinski definition) is 1. The van der Waals surface area contributed by atoms with Crippen LogP contribution in [0.2, 0.25) is 0 Å². The van der Waals surface area contributed by atoms with E-state index in [0.717, 1.165) is 12.0 Å². The van der Waals surface area contributed by atoms with Crippen LogP contribution in [-0.2, 0) is 0 Å². The number of allylic oxidation sites excluding steroid dienone is 4. The fraction of sp³-hybridized carbons (Fsp3) is 0.556. The first-order valence-corrected chi connectivity index (χ1v) is 3.95. The van der Waals surface area contributed by atoms with Gasteiger partial charge in [-0.1, -0.05) is 19.4 Å². The highest BCUT2D eigenvalue weighted by Crippen LogP contribution is 2.21. The summed E-state index contributed by atoms with van der Waals surface area (Å²) < 4.78 is 12.4. The van der Waals surface area contributed by atoms with Crippen molar-refractivity contribution in [3.63, 3.8) is 0 Å². The molecular weight excluding hydrogens is 143 g/mol. The smallest absolute Gasteiger partial charge is 0.160 e. The maximum atomic E-state index is 12.4. The van der Waals surface area contributed by atoms with Crippen LogP contribution in [0.1, 0.15) is 33.6 Å². The number of aliphatic hydroxyl groups excluding tert-OH is 1. The number of aliphatic hydroxyl groups is 1. The largest absolute Gasteiger partial charge is 0.509 e. The van der Waals surface area contributed by atoms with Crippen LogP contribution in [0.4, 0.5) is 4.39 Å². The van der Waals surface area contributed by atoms with E-state index in [9.17, 15) is 4.39 Å². The summed E-state index contributed by atoms with van der Waals surface area (Å²) in [7, 11) is 0. The lowest BCUT2D eigenvalue weighted by molar-refractivity contribution is 0.359. The molecule has 0 aliphatic heterocycles. The Balaban J connectivity index is 0.000000461. The molecule has 0 unspecified atom stereocenters. The van der Waals surface area contributed by atoms with Crippen LogP contribution >= 0.6 is 0 Å². The predicted molar refractivity (Wildman–Crippen MR) is 45.1 cm³/mol.